The van der Waals surface area contributed by atoms with Crippen LogP contribution < -0.4 is 10.1 Å². The number of nitrogens with one attached hydrogen (secondary N) is 1. The molecule has 0 saturated heterocycles. The number of benzene rings is 1. The Morgan fingerprint density at radius 2 is 1.80 bits per heavy atom. The fourth-order valence-corrected chi connectivity index (χ4v) is 3.33. The Balaban J connectivity index is 1.91. The molecule has 1 aromatic carbocycles. The van der Waals surface area contributed by atoms with Crippen LogP contribution >= 0.6 is 0 Å². The van der Waals surface area contributed by atoms with Gasteiger partial charge in [-0.25, -0.2) is 0 Å². The summed E-state index contributed by atoms with van der Waals surface area (Å²) in [6.07, 6.45) is 5.44. The van der Waals surface area contributed by atoms with Crippen molar-refractivity contribution in [1.82, 2.24) is 5.32 Å². The van der Waals surface area contributed by atoms with E-state index in [9.17, 15) is 0 Å². The lowest BCUT2D eigenvalue weighted by Gasteiger charge is -2.34. The SMILES string of the molecule is COc1ccc([C@H](C)N[C@H]2CCC[C@H](C(C)C)C2)cc1. The number of ether oxygens (including phenoxy) is 1. The molecule has 1 aliphatic rings. The van der Waals surface area contributed by atoms with E-state index in [1.165, 1.54) is 31.2 Å². The monoisotopic (exact) mass is 275 g/mol. The highest BCUT2D eigenvalue weighted by Crippen LogP contribution is 2.31. The number of hydrogen-bond donors (Lipinski definition) is 1. The van der Waals surface area contributed by atoms with Crippen molar-refractivity contribution in [2.75, 3.05) is 7.11 Å². The molecule has 1 N–H and O–H groups in total. The van der Waals surface area contributed by atoms with E-state index < -0.39 is 0 Å². The highest BCUT2D eigenvalue weighted by molar-refractivity contribution is 5.28. The predicted octanol–water partition coefficient (Wildman–Crippen LogP) is 4.56. The lowest BCUT2D eigenvalue weighted by atomic mass is 9.79. The summed E-state index contributed by atoms with van der Waals surface area (Å²) in [5, 5.41) is 3.82. The summed E-state index contributed by atoms with van der Waals surface area (Å²) in [6.45, 7) is 6.99. The Morgan fingerprint density at radius 3 is 2.40 bits per heavy atom. The minimum atomic E-state index is 0.414. The summed E-state index contributed by atoms with van der Waals surface area (Å²) in [4.78, 5) is 0. The molecule has 1 aliphatic carbocycles. The molecule has 0 heterocycles. The molecule has 1 fully saturated rings. The number of rotatable bonds is 5. The number of hydrogen-bond acceptors (Lipinski definition) is 2. The van der Waals surface area contributed by atoms with Gasteiger partial charge < -0.3 is 10.1 Å². The van der Waals surface area contributed by atoms with Crippen LogP contribution in [0, 0.1) is 11.8 Å². The first-order valence-electron chi connectivity index (χ1n) is 8.00. The standard InChI is InChI=1S/C18H29NO/c1-13(2)16-6-5-7-17(12-16)19-14(3)15-8-10-18(20-4)11-9-15/h8-11,13-14,16-17,19H,5-7,12H2,1-4H3/t14-,16-,17-/m0/s1. The van der Waals surface area contributed by atoms with E-state index in [1.54, 1.807) is 7.11 Å². The van der Waals surface area contributed by atoms with Crippen molar-refractivity contribution in [3.8, 4) is 5.75 Å². The molecule has 0 aromatic heterocycles. The summed E-state index contributed by atoms with van der Waals surface area (Å²) < 4.78 is 5.22. The molecule has 2 nitrogen and oxygen atoms in total. The zero-order valence-electron chi connectivity index (χ0n) is 13.4. The third-order valence-corrected chi connectivity index (χ3v) is 4.76. The van der Waals surface area contributed by atoms with Gasteiger partial charge in [0.25, 0.3) is 0 Å². The molecule has 2 heteroatoms. The van der Waals surface area contributed by atoms with Gasteiger partial charge in [-0.15, -0.1) is 0 Å². The summed E-state index contributed by atoms with van der Waals surface area (Å²) in [7, 11) is 1.71. The quantitative estimate of drug-likeness (QED) is 0.850. The molecular formula is C18H29NO. The minimum absolute atomic E-state index is 0.414. The fraction of sp³-hybridized carbons (Fsp3) is 0.667. The van der Waals surface area contributed by atoms with Gasteiger partial charge in [0.15, 0.2) is 0 Å². The second-order valence-corrected chi connectivity index (χ2v) is 6.53. The lowest BCUT2D eigenvalue weighted by Crippen LogP contribution is -2.37. The third kappa shape index (κ3) is 3.99. The van der Waals surface area contributed by atoms with Gasteiger partial charge in [-0.2, -0.15) is 0 Å². The Labute approximate surface area is 123 Å². The van der Waals surface area contributed by atoms with Gasteiger partial charge in [-0.05, 0) is 49.3 Å². The first kappa shape index (κ1) is 15.4. The van der Waals surface area contributed by atoms with Crippen LogP contribution in [0.1, 0.15) is 58.1 Å². The molecule has 1 saturated carbocycles. The minimum Gasteiger partial charge on any atom is -0.497 e. The summed E-state index contributed by atoms with van der Waals surface area (Å²) in [6, 6.07) is 9.51. The van der Waals surface area contributed by atoms with E-state index in [0.717, 1.165) is 17.6 Å². The van der Waals surface area contributed by atoms with E-state index in [0.29, 0.717) is 12.1 Å². The number of methoxy groups -OCH3 is 1. The van der Waals surface area contributed by atoms with Gasteiger partial charge in [0.1, 0.15) is 5.75 Å². The molecule has 0 spiro atoms. The predicted molar refractivity (Wildman–Crippen MR) is 85.1 cm³/mol. The van der Waals surface area contributed by atoms with Crippen LogP contribution in [0.5, 0.6) is 5.75 Å². The molecule has 3 atom stereocenters. The van der Waals surface area contributed by atoms with Crippen molar-refractivity contribution in [2.24, 2.45) is 11.8 Å². The van der Waals surface area contributed by atoms with Gasteiger partial charge in [0.2, 0.25) is 0 Å². The first-order chi connectivity index (χ1) is 9.60. The maximum absolute atomic E-state index is 5.22. The van der Waals surface area contributed by atoms with Gasteiger partial charge >= 0.3 is 0 Å². The summed E-state index contributed by atoms with van der Waals surface area (Å²) in [5.41, 5.74) is 1.34. The zero-order valence-corrected chi connectivity index (χ0v) is 13.4. The fourth-order valence-electron chi connectivity index (χ4n) is 3.33. The van der Waals surface area contributed by atoms with Crippen molar-refractivity contribution in [2.45, 2.75) is 58.5 Å². The van der Waals surface area contributed by atoms with E-state index >= 15 is 0 Å². The third-order valence-electron chi connectivity index (χ3n) is 4.76. The van der Waals surface area contributed by atoms with Crippen LogP contribution in [-0.2, 0) is 0 Å². The average molecular weight is 275 g/mol. The Bertz CT molecular complexity index is 398. The molecule has 0 radical (unpaired) electrons. The van der Waals surface area contributed by atoms with Crippen LogP contribution in [0.3, 0.4) is 0 Å². The first-order valence-corrected chi connectivity index (χ1v) is 8.00. The normalized spacial score (nSPS) is 24.6. The molecule has 112 valence electrons. The van der Waals surface area contributed by atoms with E-state index in [-0.39, 0.29) is 0 Å². The van der Waals surface area contributed by atoms with Crippen LogP contribution in [0.4, 0.5) is 0 Å². The molecule has 0 bridgehead atoms. The van der Waals surface area contributed by atoms with Crippen LogP contribution in [0.25, 0.3) is 0 Å². The van der Waals surface area contributed by atoms with Crippen molar-refractivity contribution in [3.05, 3.63) is 29.8 Å². The molecule has 2 rings (SSSR count). The Morgan fingerprint density at radius 1 is 1.10 bits per heavy atom. The maximum atomic E-state index is 5.22. The Hall–Kier alpha value is -1.02. The highest BCUT2D eigenvalue weighted by atomic mass is 16.5. The largest absolute Gasteiger partial charge is 0.497 e. The Kier molecular flexibility index (Phi) is 5.47. The van der Waals surface area contributed by atoms with E-state index in [2.05, 4.69) is 38.2 Å². The molecule has 0 aliphatic heterocycles. The van der Waals surface area contributed by atoms with Gasteiger partial charge in [0.05, 0.1) is 7.11 Å². The smallest absolute Gasteiger partial charge is 0.118 e. The topological polar surface area (TPSA) is 21.3 Å². The van der Waals surface area contributed by atoms with E-state index in [1.807, 2.05) is 12.1 Å². The second kappa shape index (κ2) is 7.12. The van der Waals surface area contributed by atoms with Gasteiger partial charge in [0, 0.05) is 12.1 Å². The van der Waals surface area contributed by atoms with Gasteiger partial charge in [-0.3, -0.25) is 0 Å². The molecule has 20 heavy (non-hydrogen) atoms. The molecule has 0 unspecified atom stereocenters. The van der Waals surface area contributed by atoms with Crippen molar-refractivity contribution < 1.29 is 4.74 Å². The zero-order chi connectivity index (χ0) is 14.5. The summed E-state index contributed by atoms with van der Waals surface area (Å²) in [5.74, 6) is 2.64. The van der Waals surface area contributed by atoms with Crippen LogP contribution in [0.2, 0.25) is 0 Å². The van der Waals surface area contributed by atoms with Crippen LogP contribution in [0.15, 0.2) is 24.3 Å². The molecule has 1 aromatic rings. The summed E-state index contributed by atoms with van der Waals surface area (Å²) >= 11 is 0. The van der Waals surface area contributed by atoms with Crippen LogP contribution in [-0.4, -0.2) is 13.2 Å². The second-order valence-electron chi connectivity index (χ2n) is 6.53. The van der Waals surface area contributed by atoms with Crippen molar-refractivity contribution in [3.63, 3.8) is 0 Å². The molecule has 0 amide bonds. The highest BCUT2D eigenvalue weighted by Gasteiger charge is 2.25. The van der Waals surface area contributed by atoms with E-state index in [4.69, 9.17) is 4.74 Å². The van der Waals surface area contributed by atoms with Crippen molar-refractivity contribution >= 4 is 0 Å². The van der Waals surface area contributed by atoms with Gasteiger partial charge in [-0.1, -0.05) is 38.8 Å². The average Bonchev–Trinajstić information content (AvgIpc) is 2.47. The lowest BCUT2D eigenvalue weighted by molar-refractivity contribution is 0.223. The maximum Gasteiger partial charge on any atom is 0.118 e. The van der Waals surface area contributed by atoms with Crippen molar-refractivity contribution in [1.29, 1.82) is 0 Å². The molecular weight excluding hydrogens is 246 g/mol.